The van der Waals surface area contributed by atoms with Crippen molar-refractivity contribution in [3.63, 3.8) is 0 Å². The summed E-state index contributed by atoms with van der Waals surface area (Å²) in [6.07, 6.45) is 2.25. The molecule has 0 bridgehead atoms. The highest BCUT2D eigenvalue weighted by Gasteiger charge is 2.19. The average Bonchev–Trinajstić information content (AvgIpc) is 2.45. The van der Waals surface area contributed by atoms with E-state index in [2.05, 4.69) is 11.9 Å². The maximum atomic E-state index is 12.3. The second kappa shape index (κ2) is 7.89. The molecule has 0 aliphatic carbocycles. The van der Waals surface area contributed by atoms with Gasteiger partial charge in [-0.15, -0.1) is 0 Å². The fraction of sp³-hybridized carbons (Fsp3) is 0.500. The highest BCUT2D eigenvalue weighted by molar-refractivity contribution is 7.99. The molecule has 1 N–H and O–H groups in total. The first kappa shape index (κ1) is 16.5. The molecule has 0 aromatic carbocycles. The Morgan fingerprint density at radius 1 is 1.50 bits per heavy atom. The summed E-state index contributed by atoms with van der Waals surface area (Å²) in [5.41, 5.74) is 0.244. The molecule has 1 atom stereocenters. The van der Waals surface area contributed by atoms with E-state index in [0.717, 1.165) is 17.9 Å². The van der Waals surface area contributed by atoms with Gasteiger partial charge in [0.05, 0.1) is 5.56 Å². The number of hydrogen-bond donors (Lipinski definition) is 1. The van der Waals surface area contributed by atoms with E-state index in [1.54, 1.807) is 11.9 Å². The Balaban J connectivity index is 2.73. The Bertz CT molecular complexity index is 479. The lowest BCUT2D eigenvalue weighted by Gasteiger charge is -2.24. The Hall–Kier alpha value is -1.56. The Morgan fingerprint density at radius 2 is 2.20 bits per heavy atom. The Morgan fingerprint density at radius 3 is 2.80 bits per heavy atom. The van der Waals surface area contributed by atoms with Crippen molar-refractivity contribution in [2.75, 3.05) is 18.6 Å². The van der Waals surface area contributed by atoms with Crippen LogP contribution in [0.4, 0.5) is 0 Å². The van der Waals surface area contributed by atoms with Gasteiger partial charge in [-0.05, 0) is 37.0 Å². The van der Waals surface area contributed by atoms with E-state index in [1.165, 1.54) is 18.3 Å². The van der Waals surface area contributed by atoms with Gasteiger partial charge in [0.25, 0.3) is 5.91 Å². The van der Waals surface area contributed by atoms with Gasteiger partial charge in [-0.3, -0.25) is 9.78 Å². The van der Waals surface area contributed by atoms with Crippen LogP contribution in [0.1, 0.15) is 41.1 Å². The van der Waals surface area contributed by atoms with Crippen LogP contribution in [0.3, 0.4) is 0 Å². The van der Waals surface area contributed by atoms with Gasteiger partial charge in [0.2, 0.25) is 0 Å². The van der Waals surface area contributed by atoms with Crippen molar-refractivity contribution in [3.8, 4) is 0 Å². The largest absolute Gasteiger partial charge is 0.478 e. The van der Waals surface area contributed by atoms with Crippen LogP contribution in [0.25, 0.3) is 0 Å². The number of rotatable bonds is 7. The summed E-state index contributed by atoms with van der Waals surface area (Å²) in [6, 6.07) is 2.78. The molecule has 0 saturated carbocycles. The average molecular weight is 296 g/mol. The van der Waals surface area contributed by atoms with E-state index in [4.69, 9.17) is 5.11 Å². The maximum Gasteiger partial charge on any atom is 0.335 e. The molecular formula is C14H20N2O3S. The fourth-order valence-electron chi connectivity index (χ4n) is 1.65. The number of aromatic carboxylic acids is 1. The highest BCUT2D eigenvalue weighted by atomic mass is 32.2. The number of carbonyl (C=O) groups is 2. The zero-order valence-electron chi connectivity index (χ0n) is 12.0. The molecule has 1 amide bonds. The summed E-state index contributed by atoms with van der Waals surface area (Å²) in [4.78, 5) is 28.7. The monoisotopic (exact) mass is 296 g/mol. The minimum atomic E-state index is -1.06. The van der Waals surface area contributed by atoms with Crippen molar-refractivity contribution in [3.05, 3.63) is 29.6 Å². The summed E-state index contributed by atoms with van der Waals surface area (Å²) in [6.45, 7) is 4.08. The fourth-order valence-corrected chi connectivity index (χ4v) is 2.45. The van der Waals surface area contributed by atoms with Crippen LogP contribution < -0.4 is 0 Å². The summed E-state index contributed by atoms with van der Waals surface area (Å²) >= 11 is 1.84. The third-order valence-corrected chi connectivity index (χ3v) is 4.02. The van der Waals surface area contributed by atoms with Gasteiger partial charge in [-0.2, -0.15) is 11.8 Å². The Kier molecular flexibility index (Phi) is 6.51. The molecule has 1 unspecified atom stereocenters. The zero-order valence-corrected chi connectivity index (χ0v) is 12.8. The lowest BCUT2D eigenvalue weighted by molar-refractivity contribution is 0.0696. The summed E-state index contributed by atoms with van der Waals surface area (Å²) in [7, 11) is 1.72. The standard InChI is InChI=1S/C14H20N2O3S/c1-4-20-8-6-10(2)16(3)13(17)12-9-11(14(18)19)5-7-15-12/h5,7,9-10H,4,6,8H2,1-3H3,(H,18,19). The number of aromatic nitrogens is 1. The van der Waals surface area contributed by atoms with Gasteiger partial charge in [0.1, 0.15) is 5.69 Å². The molecule has 1 rings (SSSR count). The van der Waals surface area contributed by atoms with Crippen molar-refractivity contribution in [1.29, 1.82) is 0 Å². The molecule has 0 saturated heterocycles. The zero-order chi connectivity index (χ0) is 15.1. The molecule has 6 heteroatoms. The first-order valence-corrected chi connectivity index (χ1v) is 7.67. The van der Waals surface area contributed by atoms with Crippen molar-refractivity contribution >= 4 is 23.6 Å². The maximum absolute atomic E-state index is 12.3. The van der Waals surface area contributed by atoms with Crippen LogP contribution in [0, 0.1) is 0 Å². The first-order valence-electron chi connectivity index (χ1n) is 6.51. The summed E-state index contributed by atoms with van der Waals surface area (Å²) in [5, 5.41) is 8.93. The number of thioether (sulfide) groups is 1. The second-order valence-electron chi connectivity index (χ2n) is 4.49. The molecule has 20 heavy (non-hydrogen) atoms. The van der Waals surface area contributed by atoms with Gasteiger partial charge < -0.3 is 10.0 Å². The number of carboxylic acid groups (broad SMARTS) is 1. The van der Waals surface area contributed by atoms with Crippen molar-refractivity contribution in [2.24, 2.45) is 0 Å². The molecule has 1 aromatic rings. The van der Waals surface area contributed by atoms with Crippen molar-refractivity contribution in [1.82, 2.24) is 9.88 Å². The highest BCUT2D eigenvalue weighted by Crippen LogP contribution is 2.11. The van der Waals surface area contributed by atoms with E-state index < -0.39 is 5.97 Å². The van der Waals surface area contributed by atoms with Crippen LogP contribution in [-0.2, 0) is 0 Å². The van der Waals surface area contributed by atoms with Crippen LogP contribution in [-0.4, -0.2) is 51.5 Å². The molecule has 0 fully saturated rings. The minimum absolute atomic E-state index is 0.0749. The number of pyridine rings is 1. The molecular weight excluding hydrogens is 276 g/mol. The molecule has 0 spiro atoms. The lowest BCUT2D eigenvalue weighted by Crippen LogP contribution is -2.36. The van der Waals surface area contributed by atoms with Crippen LogP contribution in [0.5, 0.6) is 0 Å². The first-order chi connectivity index (χ1) is 9.47. The van der Waals surface area contributed by atoms with Gasteiger partial charge in [-0.1, -0.05) is 6.92 Å². The second-order valence-corrected chi connectivity index (χ2v) is 5.88. The predicted octanol–water partition coefficient (Wildman–Crippen LogP) is 2.38. The molecule has 110 valence electrons. The number of carboxylic acids is 1. The number of hydrogen-bond acceptors (Lipinski definition) is 4. The molecule has 0 aliphatic heterocycles. The van der Waals surface area contributed by atoms with Gasteiger partial charge in [0, 0.05) is 19.3 Å². The smallest absolute Gasteiger partial charge is 0.335 e. The van der Waals surface area contributed by atoms with Crippen molar-refractivity contribution < 1.29 is 14.7 Å². The number of nitrogens with zero attached hydrogens (tertiary/aromatic N) is 2. The van der Waals surface area contributed by atoms with Gasteiger partial charge in [0.15, 0.2) is 0 Å². The number of carbonyl (C=O) groups excluding carboxylic acids is 1. The topological polar surface area (TPSA) is 70.5 Å². The molecule has 0 aliphatic rings. The van der Waals surface area contributed by atoms with Crippen LogP contribution in [0.2, 0.25) is 0 Å². The van der Waals surface area contributed by atoms with Gasteiger partial charge in [-0.25, -0.2) is 4.79 Å². The van der Waals surface area contributed by atoms with Crippen LogP contribution >= 0.6 is 11.8 Å². The van der Waals surface area contributed by atoms with E-state index in [9.17, 15) is 9.59 Å². The SMILES string of the molecule is CCSCCC(C)N(C)C(=O)c1cc(C(=O)O)ccn1. The van der Waals surface area contributed by atoms with E-state index in [1.807, 2.05) is 18.7 Å². The van der Waals surface area contributed by atoms with E-state index in [0.29, 0.717) is 0 Å². The predicted molar refractivity (Wildman–Crippen MR) is 80.4 cm³/mol. The van der Waals surface area contributed by atoms with Crippen LogP contribution in [0.15, 0.2) is 18.3 Å². The normalized spacial score (nSPS) is 11.9. The Labute approximate surface area is 123 Å². The van der Waals surface area contributed by atoms with E-state index in [-0.39, 0.29) is 23.2 Å². The quantitative estimate of drug-likeness (QED) is 0.782. The molecule has 5 nitrogen and oxygen atoms in total. The number of amides is 1. The van der Waals surface area contributed by atoms with E-state index >= 15 is 0 Å². The summed E-state index contributed by atoms with van der Waals surface area (Å²) in [5.74, 6) is 0.753. The third-order valence-electron chi connectivity index (χ3n) is 3.09. The summed E-state index contributed by atoms with van der Waals surface area (Å²) < 4.78 is 0. The van der Waals surface area contributed by atoms with Crippen molar-refractivity contribution in [2.45, 2.75) is 26.3 Å². The molecule has 1 heterocycles. The van der Waals surface area contributed by atoms with Gasteiger partial charge >= 0.3 is 5.97 Å². The lowest BCUT2D eigenvalue weighted by atomic mass is 10.2. The minimum Gasteiger partial charge on any atom is -0.478 e. The molecule has 1 aromatic heterocycles. The third kappa shape index (κ3) is 4.52. The molecule has 0 radical (unpaired) electrons.